The van der Waals surface area contributed by atoms with Gasteiger partial charge >= 0.3 is 0 Å². The molecule has 0 aliphatic heterocycles. The fourth-order valence-corrected chi connectivity index (χ4v) is 2.11. The van der Waals surface area contributed by atoms with E-state index in [4.69, 9.17) is 5.73 Å². The Balaban J connectivity index is 0.00000289. The van der Waals surface area contributed by atoms with Crippen molar-refractivity contribution in [2.45, 2.75) is 39.2 Å². The summed E-state index contributed by atoms with van der Waals surface area (Å²) in [5.74, 6) is 0. The third kappa shape index (κ3) is 6.39. The summed E-state index contributed by atoms with van der Waals surface area (Å²) in [6.45, 7) is 7.95. The minimum absolute atomic E-state index is 0. The molecule has 1 aromatic rings. The normalized spacial score (nSPS) is 12.2. The van der Waals surface area contributed by atoms with Crippen LogP contribution in [0.1, 0.15) is 44.7 Å². The molecule has 104 valence electrons. The molecule has 18 heavy (non-hydrogen) atoms. The van der Waals surface area contributed by atoms with Gasteiger partial charge in [-0.1, -0.05) is 50.6 Å². The van der Waals surface area contributed by atoms with E-state index in [9.17, 15) is 0 Å². The average molecular weight is 271 g/mol. The van der Waals surface area contributed by atoms with Crippen LogP contribution in [0.3, 0.4) is 0 Å². The van der Waals surface area contributed by atoms with Crippen LogP contribution < -0.4 is 5.73 Å². The minimum Gasteiger partial charge on any atom is -0.324 e. The Bertz CT molecular complexity index is 286. The molecule has 2 N–H and O–H groups in total. The molecule has 0 saturated carbocycles. The summed E-state index contributed by atoms with van der Waals surface area (Å²) in [6.07, 6.45) is 3.56. The Kier molecular flexibility index (Phi) is 10.0. The number of benzene rings is 1. The maximum absolute atomic E-state index is 6.16. The van der Waals surface area contributed by atoms with Crippen LogP contribution in [0.4, 0.5) is 0 Å². The maximum Gasteiger partial charge on any atom is 0.0294 e. The lowest BCUT2D eigenvalue weighted by Gasteiger charge is -2.18. The van der Waals surface area contributed by atoms with Gasteiger partial charge in [0.2, 0.25) is 0 Å². The van der Waals surface area contributed by atoms with E-state index in [-0.39, 0.29) is 18.4 Å². The lowest BCUT2D eigenvalue weighted by molar-refractivity contribution is 0.294. The number of hydrogen-bond donors (Lipinski definition) is 1. The molecule has 3 heteroatoms. The second kappa shape index (κ2) is 10.4. The highest BCUT2D eigenvalue weighted by Crippen LogP contribution is 2.16. The van der Waals surface area contributed by atoms with Gasteiger partial charge in [0.15, 0.2) is 0 Å². The molecule has 1 aromatic carbocycles. The van der Waals surface area contributed by atoms with Gasteiger partial charge in [0.25, 0.3) is 0 Å². The number of nitrogens with zero attached hydrogens (tertiary/aromatic N) is 1. The molecule has 1 unspecified atom stereocenters. The van der Waals surface area contributed by atoms with Crippen LogP contribution in [0.5, 0.6) is 0 Å². The summed E-state index contributed by atoms with van der Waals surface area (Å²) >= 11 is 0. The first-order valence-electron chi connectivity index (χ1n) is 6.80. The van der Waals surface area contributed by atoms with Crippen LogP contribution in [-0.2, 0) is 0 Å². The summed E-state index contributed by atoms with van der Waals surface area (Å²) in [6, 6.07) is 10.6. The Morgan fingerprint density at radius 1 is 1.06 bits per heavy atom. The smallest absolute Gasteiger partial charge is 0.0294 e. The number of nitrogens with two attached hydrogens (primary N) is 1. The lowest BCUT2D eigenvalue weighted by Crippen LogP contribution is -2.24. The van der Waals surface area contributed by atoms with Crippen LogP contribution in [0, 0.1) is 0 Å². The minimum atomic E-state index is 0. The van der Waals surface area contributed by atoms with E-state index in [0.717, 1.165) is 19.5 Å². The van der Waals surface area contributed by atoms with Crippen molar-refractivity contribution in [3.63, 3.8) is 0 Å². The Labute approximate surface area is 118 Å². The van der Waals surface area contributed by atoms with Crippen LogP contribution in [0.25, 0.3) is 0 Å². The molecule has 0 spiro atoms. The van der Waals surface area contributed by atoms with Gasteiger partial charge in [-0.2, -0.15) is 0 Å². The molecule has 2 nitrogen and oxygen atoms in total. The van der Waals surface area contributed by atoms with Crippen LogP contribution in [0.15, 0.2) is 30.3 Å². The van der Waals surface area contributed by atoms with Crippen molar-refractivity contribution in [3.8, 4) is 0 Å². The van der Waals surface area contributed by atoms with Crippen LogP contribution >= 0.6 is 12.4 Å². The zero-order valence-corrected chi connectivity index (χ0v) is 12.5. The zero-order valence-electron chi connectivity index (χ0n) is 11.6. The molecule has 1 atom stereocenters. The van der Waals surface area contributed by atoms with E-state index < -0.39 is 0 Å². The van der Waals surface area contributed by atoms with Crippen LogP contribution in [0.2, 0.25) is 0 Å². The quantitative estimate of drug-likeness (QED) is 0.731. The number of hydrogen-bond acceptors (Lipinski definition) is 2. The third-order valence-electron chi connectivity index (χ3n) is 3.36. The van der Waals surface area contributed by atoms with Crippen molar-refractivity contribution < 1.29 is 0 Å². The molecule has 1 rings (SSSR count). The van der Waals surface area contributed by atoms with Gasteiger partial charge in [0.1, 0.15) is 0 Å². The first-order valence-corrected chi connectivity index (χ1v) is 6.80. The van der Waals surface area contributed by atoms with Gasteiger partial charge < -0.3 is 10.6 Å². The predicted octanol–water partition coefficient (Wildman–Crippen LogP) is 3.62. The Morgan fingerprint density at radius 3 is 2.22 bits per heavy atom. The van der Waals surface area contributed by atoms with Gasteiger partial charge in [-0.15, -0.1) is 12.4 Å². The Hall–Kier alpha value is -0.570. The molecule has 0 heterocycles. The van der Waals surface area contributed by atoms with E-state index in [1.54, 1.807) is 0 Å². The number of unbranched alkanes of at least 4 members (excludes halogenated alkanes) is 1. The summed E-state index contributed by atoms with van der Waals surface area (Å²) in [4.78, 5) is 2.47. The monoisotopic (exact) mass is 270 g/mol. The van der Waals surface area contributed by atoms with Crippen LogP contribution in [-0.4, -0.2) is 24.5 Å². The molecule has 0 aromatic heterocycles. The van der Waals surface area contributed by atoms with Crippen molar-refractivity contribution in [1.82, 2.24) is 4.90 Å². The van der Waals surface area contributed by atoms with Crippen molar-refractivity contribution >= 4 is 12.4 Å². The summed E-state index contributed by atoms with van der Waals surface area (Å²) < 4.78 is 0. The largest absolute Gasteiger partial charge is 0.324 e. The van der Waals surface area contributed by atoms with E-state index in [1.165, 1.54) is 24.9 Å². The first kappa shape index (κ1) is 17.4. The number of rotatable bonds is 8. The summed E-state index contributed by atoms with van der Waals surface area (Å²) in [7, 11) is 0. The maximum atomic E-state index is 6.16. The van der Waals surface area contributed by atoms with Crippen molar-refractivity contribution in [2.75, 3.05) is 19.6 Å². The van der Waals surface area contributed by atoms with E-state index >= 15 is 0 Å². The average Bonchev–Trinajstić information content (AvgIpc) is 2.40. The zero-order chi connectivity index (χ0) is 12.5. The second-order valence-electron chi connectivity index (χ2n) is 4.54. The number of halogens is 1. The van der Waals surface area contributed by atoms with Gasteiger partial charge in [0.05, 0.1) is 0 Å². The third-order valence-corrected chi connectivity index (χ3v) is 3.36. The lowest BCUT2D eigenvalue weighted by atomic mass is 10.0. The first-order chi connectivity index (χ1) is 8.27. The standard InChI is InChI=1S/C15H26N2.ClH/c1-3-17(4-2)13-9-8-12-15(16)14-10-6-5-7-11-14;/h5-7,10-11,15H,3-4,8-9,12-13,16H2,1-2H3;1H. The van der Waals surface area contributed by atoms with Gasteiger partial charge in [-0.3, -0.25) is 0 Å². The molecule has 0 amide bonds. The van der Waals surface area contributed by atoms with E-state index in [2.05, 4.69) is 43.0 Å². The van der Waals surface area contributed by atoms with Crippen molar-refractivity contribution in [1.29, 1.82) is 0 Å². The SMILES string of the molecule is CCN(CC)CCCCC(N)c1ccccc1.Cl. The molecule has 0 fully saturated rings. The Morgan fingerprint density at radius 2 is 1.67 bits per heavy atom. The van der Waals surface area contributed by atoms with Gasteiger partial charge in [0, 0.05) is 6.04 Å². The summed E-state index contributed by atoms with van der Waals surface area (Å²) in [5, 5.41) is 0. The molecule has 0 aliphatic carbocycles. The van der Waals surface area contributed by atoms with Gasteiger partial charge in [-0.05, 0) is 38.0 Å². The van der Waals surface area contributed by atoms with Crippen molar-refractivity contribution in [3.05, 3.63) is 35.9 Å². The molecular formula is C15H27ClN2. The highest BCUT2D eigenvalue weighted by molar-refractivity contribution is 5.85. The highest BCUT2D eigenvalue weighted by Gasteiger charge is 2.05. The van der Waals surface area contributed by atoms with E-state index in [1.807, 2.05) is 6.07 Å². The summed E-state index contributed by atoms with van der Waals surface area (Å²) in [5.41, 5.74) is 7.42. The second-order valence-corrected chi connectivity index (χ2v) is 4.54. The molecular weight excluding hydrogens is 244 g/mol. The van der Waals surface area contributed by atoms with E-state index in [0.29, 0.717) is 0 Å². The topological polar surface area (TPSA) is 29.3 Å². The molecule has 0 saturated heterocycles. The molecule has 0 aliphatic rings. The molecule has 0 radical (unpaired) electrons. The fourth-order valence-electron chi connectivity index (χ4n) is 2.11. The highest BCUT2D eigenvalue weighted by atomic mass is 35.5. The molecule has 0 bridgehead atoms. The van der Waals surface area contributed by atoms with Crippen molar-refractivity contribution in [2.24, 2.45) is 5.73 Å². The van der Waals surface area contributed by atoms with Gasteiger partial charge in [-0.25, -0.2) is 0 Å². The fraction of sp³-hybridized carbons (Fsp3) is 0.600. The predicted molar refractivity (Wildman–Crippen MR) is 82.3 cm³/mol.